The van der Waals surface area contributed by atoms with Crippen LogP contribution in [0.5, 0.6) is 11.5 Å². The molecular weight excluding hydrogens is 598 g/mol. The standard InChI is InChI=1S/C37H53N3O7/c1-25(2)19-28(23-41)39-34(43)27-20-26(21-40(22-27)35(44)47-36(3,4)5)33(42)38-24-37(17-11-12-18-45-6)29-13-7-9-15-31(29)46-32-16-10-8-14-30(32)37/h7-10,13-16,25-28,41H,11-12,17-24H2,1-6H3,(H,38,42)(H,39,43)/t26-,27+,28-/m0/s1. The molecule has 0 aliphatic carbocycles. The van der Waals surface area contributed by atoms with Gasteiger partial charge >= 0.3 is 6.09 Å². The average Bonchev–Trinajstić information content (AvgIpc) is 3.03. The summed E-state index contributed by atoms with van der Waals surface area (Å²) in [5, 5.41) is 16.1. The number of carbonyl (C=O) groups is 3. The van der Waals surface area contributed by atoms with Gasteiger partial charge in [-0.3, -0.25) is 9.59 Å². The third kappa shape index (κ3) is 9.26. The number of methoxy groups -OCH3 is 1. The van der Waals surface area contributed by atoms with Gasteiger partial charge in [0.25, 0.3) is 0 Å². The van der Waals surface area contributed by atoms with Crippen LogP contribution >= 0.6 is 0 Å². The van der Waals surface area contributed by atoms with Crippen LogP contribution in [0.3, 0.4) is 0 Å². The van der Waals surface area contributed by atoms with Gasteiger partial charge in [-0.1, -0.05) is 50.2 Å². The van der Waals surface area contributed by atoms with Crippen molar-refractivity contribution in [1.29, 1.82) is 0 Å². The third-order valence-corrected chi connectivity index (χ3v) is 8.96. The van der Waals surface area contributed by atoms with E-state index in [9.17, 15) is 19.5 Å². The van der Waals surface area contributed by atoms with E-state index in [1.54, 1.807) is 27.9 Å². The van der Waals surface area contributed by atoms with Gasteiger partial charge in [0.1, 0.15) is 17.1 Å². The molecule has 2 aromatic carbocycles. The highest BCUT2D eigenvalue weighted by Crippen LogP contribution is 2.50. The lowest BCUT2D eigenvalue weighted by Gasteiger charge is -2.41. The van der Waals surface area contributed by atoms with Crippen LogP contribution < -0.4 is 15.4 Å². The van der Waals surface area contributed by atoms with Crippen LogP contribution in [0.4, 0.5) is 4.79 Å². The molecule has 0 bridgehead atoms. The van der Waals surface area contributed by atoms with E-state index in [1.807, 2.05) is 50.2 Å². The van der Waals surface area contributed by atoms with Gasteiger partial charge in [0.15, 0.2) is 0 Å². The summed E-state index contributed by atoms with van der Waals surface area (Å²) in [6.45, 7) is 10.5. The molecule has 2 aromatic rings. The Kier molecular flexibility index (Phi) is 12.3. The molecule has 0 radical (unpaired) electrons. The molecule has 0 aromatic heterocycles. The Morgan fingerprint density at radius 3 is 2.13 bits per heavy atom. The molecule has 3 atom stereocenters. The summed E-state index contributed by atoms with van der Waals surface area (Å²) in [5.41, 5.74) is 0.722. The topological polar surface area (TPSA) is 126 Å². The average molecular weight is 652 g/mol. The second kappa shape index (κ2) is 16.0. The van der Waals surface area contributed by atoms with Gasteiger partial charge in [-0.05, 0) is 70.9 Å². The predicted molar refractivity (Wildman–Crippen MR) is 180 cm³/mol. The fourth-order valence-electron chi connectivity index (χ4n) is 6.79. The first-order valence-electron chi connectivity index (χ1n) is 16.9. The Morgan fingerprint density at radius 1 is 0.979 bits per heavy atom. The first-order valence-corrected chi connectivity index (χ1v) is 16.9. The Labute approximate surface area is 279 Å². The minimum Gasteiger partial charge on any atom is -0.457 e. The lowest BCUT2D eigenvalue weighted by Crippen LogP contribution is -2.55. The van der Waals surface area contributed by atoms with Gasteiger partial charge < -0.3 is 34.9 Å². The monoisotopic (exact) mass is 651 g/mol. The molecule has 3 N–H and O–H groups in total. The molecule has 10 heteroatoms. The van der Waals surface area contributed by atoms with Crippen molar-refractivity contribution in [3.8, 4) is 11.5 Å². The van der Waals surface area contributed by atoms with Crippen LogP contribution in [0.1, 0.15) is 77.8 Å². The largest absolute Gasteiger partial charge is 0.457 e. The number of aliphatic hydroxyl groups is 1. The number of fused-ring (bicyclic) bond motifs is 2. The number of amides is 3. The molecule has 0 spiro atoms. The van der Waals surface area contributed by atoms with Gasteiger partial charge in [0, 0.05) is 49.9 Å². The number of unbranched alkanes of at least 4 members (excludes halogenated alkanes) is 1. The maximum absolute atomic E-state index is 14.1. The number of hydrogen-bond donors (Lipinski definition) is 3. The van der Waals surface area contributed by atoms with Crippen LogP contribution in [0.25, 0.3) is 0 Å². The van der Waals surface area contributed by atoms with Crippen LogP contribution in [-0.2, 0) is 24.5 Å². The lowest BCUT2D eigenvalue weighted by molar-refractivity contribution is -0.132. The molecule has 2 aliphatic heterocycles. The third-order valence-electron chi connectivity index (χ3n) is 8.96. The number of para-hydroxylation sites is 2. The zero-order valence-corrected chi connectivity index (χ0v) is 28.8. The smallest absolute Gasteiger partial charge is 0.410 e. The van der Waals surface area contributed by atoms with E-state index in [1.165, 1.54) is 4.90 Å². The SMILES string of the molecule is COCCCCC1(CNC(=O)[C@H]2C[C@@H](C(=O)N[C@H](CO)CC(C)C)CN(C(=O)OC(C)(C)C)C2)c2ccccc2Oc2ccccc21. The number of nitrogens with one attached hydrogen (secondary N) is 2. The van der Waals surface area contributed by atoms with Gasteiger partial charge in [-0.2, -0.15) is 0 Å². The van der Waals surface area contributed by atoms with E-state index in [-0.39, 0.29) is 43.8 Å². The van der Waals surface area contributed by atoms with Crippen molar-refractivity contribution in [3.63, 3.8) is 0 Å². The summed E-state index contributed by atoms with van der Waals surface area (Å²) in [6, 6.07) is 15.5. The minimum absolute atomic E-state index is 0.131. The number of benzene rings is 2. The quantitative estimate of drug-likeness (QED) is 0.248. The molecule has 47 heavy (non-hydrogen) atoms. The Hall–Kier alpha value is -3.63. The number of aliphatic hydroxyl groups excluding tert-OH is 1. The number of likely N-dealkylation sites (tertiary alicyclic amines) is 1. The van der Waals surface area contributed by atoms with Crippen LogP contribution in [0.15, 0.2) is 48.5 Å². The van der Waals surface area contributed by atoms with Crippen LogP contribution in [0.2, 0.25) is 0 Å². The molecule has 10 nitrogen and oxygen atoms in total. The number of piperidine rings is 1. The van der Waals surface area contributed by atoms with Crippen molar-refractivity contribution in [2.24, 2.45) is 17.8 Å². The highest BCUT2D eigenvalue weighted by Gasteiger charge is 2.44. The van der Waals surface area contributed by atoms with Gasteiger partial charge in [-0.15, -0.1) is 0 Å². The van der Waals surface area contributed by atoms with Gasteiger partial charge in [0.05, 0.1) is 24.5 Å². The molecule has 258 valence electrons. The summed E-state index contributed by atoms with van der Waals surface area (Å²) < 4.78 is 17.3. The van der Waals surface area contributed by atoms with E-state index in [0.29, 0.717) is 19.6 Å². The second-order valence-electron chi connectivity index (χ2n) is 14.4. The lowest BCUT2D eigenvalue weighted by atomic mass is 9.69. The Bertz CT molecular complexity index is 1330. The van der Waals surface area contributed by atoms with Crippen molar-refractivity contribution in [2.75, 3.05) is 40.0 Å². The van der Waals surface area contributed by atoms with E-state index < -0.39 is 35.0 Å². The number of ether oxygens (including phenoxy) is 3. The molecule has 3 amide bonds. The summed E-state index contributed by atoms with van der Waals surface area (Å²) in [6.07, 6.45) is 2.82. The van der Waals surface area contributed by atoms with E-state index in [0.717, 1.165) is 41.9 Å². The maximum Gasteiger partial charge on any atom is 0.410 e. The van der Waals surface area contributed by atoms with Crippen molar-refractivity contribution in [2.45, 2.75) is 83.8 Å². The summed E-state index contributed by atoms with van der Waals surface area (Å²) in [7, 11) is 1.70. The first kappa shape index (κ1) is 36.2. The molecule has 0 unspecified atom stereocenters. The van der Waals surface area contributed by atoms with Gasteiger partial charge in [-0.25, -0.2) is 4.79 Å². The predicted octanol–water partition coefficient (Wildman–Crippen LogP) is 5.41. The molecule has 1 saturated heterocycles. The first-order chi connectivity index (χ1) is 22.4. The molecule has 2 heterocycles. The normalized spacial score (nSPS) is 19.2. The van der Waals surface area contributed by atoms with Crippen molar-refractivity contribution in [1.82, 2.24) is 15.5 Å². The second-order valence-corrected chi connectivity index (χ2v) is 14.4. The highest BCUT2D eigenvalue weighted by atomic mass is 16.6. The molecule has 4 rings (SSSR count). The van der Waals surface area contributed by atoms with Crippen molar-refractivity contribution >= 4 is 17.9 Å². The van der Waals surface area contributed by atoms with Crippen LogP contribution in [-0.4, -0.2) is 79.5 Å². The van der Waals surface area contributed by atoms with E-state index in [4.69, 9.17) is 14.2 Å². The highest BCUT2D eigenvalue weighted by molar-refractivity contribution is 5.84. The molecule has 1 fully saturated rings. The zero-order chi connectivity index (χ0) is 34.2. The number of nitrogens with zero attached hydrogens (tertiary/aromatic N) is 1. The number of rotatable bonds is 13. The summed E-state index contributed by atoms with van der Waals surface area (Å²) in [5.74, 6) is 0.0153. The van der Waals surface area contributed by atoms with E-state index in [2.05, 4.69) is 22.8 Å². The van der Waals surface area contributed by atoms with Crippen molar-refractivity contribution in [3.05, 3.63) is 59.7 Å². The molecule has 0 saturated carbocycles. The van der Waals surface area contributed by atoms with E-state index >= 15 is 0 Å². The van der Waals surface area contributed by atoms with Crippen molar-refractivity contribution < 1.29 is 33.7 Å². The summed E-state index contributed by atoms with van der Waals surface area (Å²) >= 11 is 0. The summed E-state index contributed by atoms with van der Waals surface area (Å²) in [4.78, 5) is 42.4. The molecule has 2 aliphatic rings. The minimum atomic E-state index is -0.734. The number of carbonyl (C=O) groups excluding carboxylic acids is 3. The van der Waals surface area contributed by atoms with Gasteiger partial charge in [0.2, 0.25) is 11.8 Å². The fourth-order valence-corrected chi connectivity index (χ4v) is 6.79. The maximum atomic E-state index is 14.1. The van der Waals surface area contributed by atoms with Crippen LogP contribution in [0, 0.1) is 17.8 Å². The molecular formula is C37H53N3O7. The fraction of sp³-hybridized carbons (Fsp3) is 0.595. The number of hydrogen-bond acceptors (Lipinski definition) is 7. The Morgan fingerprint density at radius 2 is 1.57 bits per heavy atom. The zero-order valence-electron chi connectivity index (χ0n) is 28.8. The Balaban J connectivity index is 1.60.